The van der Waals surface area contributed by atoms with Crippen LogP contribution in [0.1, 0.15) is 31.2 Å². The predicted molar refractivity (Wildman–Crippen MR) is 69.4 cm³/mol. The molecule has 3 heteroatoms. The molecule has 0 aromatic heterocycles. The molecule has 1 heterocycles. The summed E-state index contributed by atoms with van der Waals surface area (Å²) in [6.45, 7) is 3.77. The lowest BCUT2D eigenvalue weighted by Crippen LogP contribution is -2.28. The first kappa shape index (κ1) is 13.1. The van der Waals surface area contributed by atoms with E-state index < -0.39 is 0 Å². The SMILES string of the molecule is CCOC(=O)C(c1ccccc1)C1CCOCC1. The minimum absolute atomic E-state index is 0.101. The number of carbonyl (C=O) groups is 1. The molecule has 3 nitrogen and oxygen atoms in total. The molecule has 1 aromatic rings. The molecule has 0 amide bonds. The van der Waals surface area contributed by atoms with Crippen LogP contribution in [0.15, 0.2) is 30.3 Å². The number of ether oxygens (including phenoxy) is 2. The summed E-state index contributed by atoms with van der Waals surface area (Å²) in [5.74, 6) is 0.0887. The topological polar surface area (TPSA) is 35.5 Å². The highest BCUT2D eigenvalue weighted by Gasteiger charge is 2.32. The van der Waals surface area contributed by atoms with Gasteiger partial charge in [-0.05, 0) is 31.2 Å². The summed E-state index contributed by atoms with van der Waals surface area (Å²) in [5.41, 5.74) is 1.06. The fourth-order valence-corrected chi connectivity index (χ4v) is 2.54. The number of esters is 1. The van der Waals surface area contributed by atoms with Crippen molar-refractivity contribution in [3.05, 3.63) is 35.9 Å². The van der Waals surface area contributed by atoms with Gasteiger partial charge in [-0.2, -0.15) is 0 Å². The number of carbonyl (C=O) groups excluding carboxylic acids is 1. The lowest BCUT2D eigenvalue weighted by molar-refractivity contribution is -0.147. The van der Waals surface area contributed by atoms with Gasteiger partial charge >= 0.3 is 5.97 Å². The Labute approximate surface area is 108 Å². The highest BCUT2D eigenvalue weighted by molar-refractivity contribution is 5.78. The maximum Gasteiger partial charge on any atom is 0.313 e. The van der Waals surface area contributed by atoms with E-state index in [4.69, 9.17) is 9.47 Å². The molecule has 1 aromatic carbocycles. The minimum Gasteiger partial charge on any atom is -0.466 e. The quantitative estimate of drug-likeness (QED) is 0.769. The van der Waals surface area contributed by atoms with Crippen molar-refractivity contribution in [1.29, 1.82) is 0 Å². The average molecular weight is 248 g/mol. The van der Waals surface area contributed by atoms with Crippen LogP contribution in [0.25, 0.3) is 0 Å². The van der Waals surface area contributed by atoms with E-state index in [-0.39, 0.29) is 11.9 Å². The van der Waals surface area contributed by atoms with Gasteiger partial charge < -0.3 is 9.47 Å². The summed E-state index contributed by atoms with van der Waals surface area (Å²) < 4.78 is 10.6. The van der Waals surface area contributed by atoms with Gasteiger partial charge in [0, 0.05) is 13.2 Å². The van der Waals surface area contributed by atoms with Crippen LogP contribution in [0.5, 0.6) is 0 Å². The van der Waals surface area contributed by atoms with Crippen molar-refractivity contribution in [3.63, 3.8) is 0 Å². The fraction of sp³-hybridized carbons (Fsp3) is 0.533. The second-order valence-corrected chi connectivity index (χ2v) is 4.59. The molecule has 0 bridgehead atoms. The van der Waals surface area contributed by atoms with Crippen LogP contribution >= 0.6 is 0 Å². The Balaban J connectivity index is 2.19. The molecule has 0 spiro atoms. The maximum absolute atomic E-state index is 12.2. The molecule has 1 fully saturated rings. The number of benzene rings is 1. The van der Waals surface area contributed by atoms with E-state index in [2.05, 4.69) is 0 Å². The molecule has 1 atom stereocenters. The number of hydrogen-bond donors (Lipinski definition) is 0. The molecular weight excluding hydrogens is 228 g/mol. The molecular formula is C15H20O3. The van der Waals surface area contributed by atoms with Crippen molar-refractivity contribution in [3.8, 4) is 0 Å². The van der Waals surface area contributed by atoms with Crippen LogP contribution in [-0.2, 0) is 14.3 Å². The Morgan fingerprint density at radius 3 is 2.61 bits per heavy atom. The van der Waals surface area contributed by atoms with Gasteiger partial charge in [0.2, 0.25) is 0 Å². The zero-order valence-electron chi connectivity index (χ0n) is 10.8. The third-order valence-corrected chi connectivity index (χ3v) is 3.44. The van der Waals surface area contributed by atoms with Crippen LogP contribution < -0.4 is 0 Å². The average Bonchev–Trinajstić information content (AvgIpc) is 2.42. The first-order chi connectivity index (χ1) is 8.83. The molecule has 1 aliphatic heterocycles. The maximum atomic E-state index is 12.2. The van der Waals surface area contributed by atoms with Crippen molar-refractivity contribution in [2.45, 2.75) is 25.7 Å². The summed E-state index contributed by atoms with van der Waals surface area (Å²) in [6, 6.07) is 9.94. The van der Waals surface area contributed by atoms with Crippen LogP contribution in [0, 0.1) is 5.92 Å². The van der Waals surface area contributed by atoms with Crippen LogP contribution in [-0.4, -0.2) is 25.8 Å². The third kappa shape index (κ3) is 3.10. The Bertz CT molecular complexity index is 369. The van der Waals surface area contributed by atoms with Crippen LogP contribution in [0.4, 0.5) is 0 Å². The molecule has 2 rings (SSSR count). The van der Waals surface area contributed by atoms with Crippen LogP contribution in [0.3, 0.4) is 0 Å². The van der Waals surface area contributed by atoms with Gasteiger partial charge in [-0.3, -0.25) is 4.79 Å². The molecule has 1 aliphatic rings. The van der Waals surface area contributed by atoms with Gasteiger partial charge in [-0.1, -0.05) is 30.3 Å². The summed E-state index contributed by atoms with van der Waals surface area (Å²) in [6.07, 6.45) is 1.86. The standard InChI is InChI=1S/C15H20O3/c1-2-18-15(16)14(12-6-4-3-5-7-12)13-8-10-17-11-9-13/h3-7,13-14H,2,8-11H2,1H3. The zero-order chi connectivity index (χ0) is 12.8. The third-order valence-electron chi connectivity index (χ3n) is 3.44. The molecule has 0 N–H and O–H groups in total. The van der Waals surface area contributed by atoms with Gasteiger partial charge in [0.15, 0.2) is 0 Å². The first-order valence-electron chi connectivity index (χ1n) is 6.62. The van der Waals surface area contributed by atoms with Crippen molar-refractivity contribution in [1.82, 2.24) is 0 Å². The van der Waals surface area contributed by atoms with Crippen molar-refractivity contribution in [2.75, 3.05) is 19.8 Å². The van der Waals surface area contributed by atoms with E-state index in [1.54, 1.807) is 0 Å². The van der Waals surface area contributed by atoms with Gasteiger partial charge in [-0.25, -0.2) is 0 Å². The highest BCUT2D eigenvalue weighted by atomic mass is 16.5. The second-order valence-electron chi connectivity index (χ2n) is 4.59. The van der Waals surface area contributed by atoms with Crippen LogP contribution in [0.2, 0.25) is 0 Å². The van der Waals surface area contributed by atoms with E-state index in [0.717, 1.165) is 31.6 Å². The van der Waals surface area contributed by atoms with E-state index in [1.807, 2.05) is 37.3 Å². The summed E-state index contributed by atoms with van der Waals surface area (Å²) in [4.78, 5) is 12.2. The van der Waals surface area contributed by atoms with E-state index >= 15 is 0 Å². The molecule has 0 radical (unpaired) electrons. The Morgan fingerprint density at radius 2 is 2.00 bits per heavy atom. The number of rotatable bonds is 4. The summed E-state index contributed by atoms with van der Waals surface area (Å²) in [5, 5.41) is 0. The molecule has 1 unspecified atom stereocenters. The van der Waals surface area contributed by atoms with Gasteiger partial charge in [0.25, 0.3) is 0 Å². The first-order valence-corrected chi connectivity index (χ1v) is 6.62. The molecule has 18 heavy (non-hydrogen) atoms. The monoisotopic (exact) mass is 248 g/mol. The zero-order valence-corrected chi connectivity index (χ0v) is 10.8. The molecule has 0 aliphatic carbocycles. The summed E-state index contributed by atoms with van der Waals surface area (Å²) >= 11 is 0. The number of hydrogen-bond acceptors (Lipinski definition) is 3. The normalized spacial score (nSPS) is 18.3. The second kappa shape index (κ2) is 6.55. The molecule has 98 valence electrons. The highest BCUT2D eigenvalue weighted by Crippen LogP contribution is 2.33. The summed E-state index contributed by atoms with van der Waals surface area (Å²) in [7, 11) is 0. The Kier molecular flexibility index (Phi) is 4.76. The Morgan fingerprint density at radius 1 is 1.33 bits per heavy atom. The van der Waals surface area contributed by atoms with E-state index in [9.17, 15) is 4.79 Å². The van der Waals surface area contributed by atoms with Crippen molar-refractivity contribution < 1.29 is 14.3 Å². The predicted octanol–water partition coefficient (Wildman–Crippen LogP) is 2.76. The Hall–Kier alpha value is -1.35. The lowest BCUT2D eigenvalue weighted by atomic mass is 9.81. The van der Waals surface area contributed by atoms with Crippen molar-refractivity contribution in [2.24, 2.45) is 5.92 Å². The minimum atomic E-state index is -0.143. The van der Waals surface area contributed by atoms with Gasteiger partial charge in [0.1, 0.15) is 0 Å². The smallest absolute Gasteiger partial charge is 0.313 e. The van der Waals surface area contributed by atoms with Crippen molar-refractivity contribution >= 4 is 5.97 Å². The fourth-order valence-electron chi connectivity index (χ4n) is 2.54. The molecule has 1 saturated heterocycles. The van der Waals surface area contributed by atoms with Gasteiger partial charge in [0.05, 0.1) is 12.5 Å². The van der Waals surface area contributed by atoms with E-state index in [0.29, 0.717) is 12.5 Å². The van der Waals surface area contributed by atoms with Gasteiger partial charge in [-0.15, -0.1) is 0 Å². The lowest BCUT2D eigenvalue weighted by Gasteiger charge is -2.29. The van der Waals surface area contributed by atoms with E-state index in [1.165, 1.54) is 0 Å². The molecule has 0 saturated carbocycles. The largest absolute Gasteiger partial charge is 0.466 e.